The summed E-state index contributed by atoms with van der Waals surface area (Å²) in [5.41, 5.74) is 2.11. The molecule has 0 fully saturated rings. The molecule has 0 unspecified atom stereocenters. The van der Waals surface area contributed by atoms with Gasteiger partial charge in [-0.2, -0.15) is 0 Å². The van der Waals surface area contributed by atoms with E-state index in [4.69, 9.17) is 0 Å². The van der Waals surface area contributed by atoms with Crippen molar-refractivity contribution in [1.82, 2.24) is 0 Å². The maximum Gasteiger partial charge on any atom is 0.0289 e. The highest BCUT2D eigenvalue weighted by Gasteiger charge is 2.16. The fraction of sp³-hybridized carbons (Fsp3) is 1.00. The number of hydrogen-bond acceptors (Lipinski definition) is 0. The molecule has 9 heavy (non-hydrogen) atoms. The summed E-state index contributed by atoms with van der Waals surface area (Å²) < 4.78 is 0. The predicted molar refractivity (Wildman–Crippen MR) is 51.8 cm³/mol. The van der Waals surface area contributed by atoms with E-state index >= 15 is 0 Å². The molecular weight excluding hydrogens is 140 g/mol. The largest absolute Gasteiger partial charge is 0.0768 e. The zero-order valence-electron chi connectivity index (χ0n) is 7.44. The van der Waals surface area contributed by atoms with Gasteiger partial charge in [0.05, 0.1) is 0 Å². The molecule has 0 aromatic rings. The SMILES string of the molecule is C[SiH2][SiH](C(C)C)C(C)C. The van der Waals surface area contributed by atoms with E-state index in [-0.39, 0.29) is 8.31 Å². The van der Waals surface area contributed by atoms with Crippen LogP contribution in [0.25, 0.3) is 0 Å². The van der Waals surface area contributed by atoms with Crippen molar-refractivity contribution < 1.29 is 0 Å². The van der Waals surface area contributed by atoms with Gasteiger partial charge in [0.1, 0.15) is 0 Å². The Kier molecular flexibility index (Phi) is 4.49. The van der Waals surface area contributed by atoms with Crippen molar-refractivity contribution in [2.24, 2.45) is 0 Å². The van der Waals surface area contributed by atoms with E-state index in [0.717, 1.165) is 11.1 Å². The fourth-order valence-electron chi connectivity index (χ4n) is 1.71. The van der Waals surface area contributed by atoms with Crippen LogP contribution in [0, 0.1) is 0 Å². The van der Waals surface area contributed by atoms with Crippen molar-refractivity contribution >= 4 is 17.4 Å². The van der Waals surface area contributed by atoms with Crippen molar-refractivity contribution in [3.05, 3.63) is 0 Å². The Labute approximate surface area is 63.3 Å². The van der Waals surface area contributed by atoms with Crippen LogP contribution >= 0.6 is 0 Å². The Morgan fingerprint density at radius 2 is 1.33 bits per heavy atom. The van der Waals surface area contributed by atoms with Crippen LogP contribution in [-0.2, 0) is 0 Å². The zero-order chi connectivity index (χ0) is 7.44. The van der Waals surface area contributed by atoms with Crippen molar-refractivity contribution in [3.8, 4) is 0 Å². The topological polar surface area (TPSA) is 0 Å². The molecule has 0 rings (SSSR count). The summed E-state index contributed by atoms with van der Waals surface area (Å²) in [5, 5.41) is 0. The van der Waals surface area contributed by atoms with Crippen molar-refractivity contribution in [2.75, 3.05) is 0 Å². The lowest BCUT2D eigenvalue weighted by Crippen LogP contribution is -2.27. The van der Waals surface area contributed by atoms with Crippen molar-refractivity contribution in [3.63, 3.8) is 0 Å². The zero-order valence-corrected chi connectivity index (χ0v) is 10.0. The lowest BCUT2D eigenvalue weighted by molar-refractivity contribution is 0.960. The number of rotatable bonds is 3. The smallest absolute Gasteiger partial charge is 0.0289 e. The molecule has 0 aromatic heterocycles. The van der Waals surface area contributed by atoms with Gasteiger partial charge in [-0.05, 0) is 0 Å². The van der Waals surface area contributed by atoms with E-state index in [9.17, 15) is 0 Å². The Morgan fingerprint density at radius 3 is 1.33 bits per heavy atom. The summed E-state index contributed by atoms with van der Waals surface area (Å²) in [6.07, 6.45) is 0. The summed E-state index contributed by atoms with van der Waals surface area (Å²) in [4.78, 5) is 0. The summed E-state index contributed by atoms with van der Waals surface area (Å²) in [5.74, 6) is 0. The third-order valence-corrected chi connectivity index (χ3v) is 15.0. The summed E-state index contributed by atoms with van der Waals surface area (Å²) >= 11 is 0. The predicted octanol–water partition coefficient (Wildman–Crippen LogP) is 1.75. The first-order chi connectivity index (χ1) is 4.09. The first-order valence-electron chi connectivity index (χ1n) is 4.09. The van der Waals surface area contributed by atoms with Gasteiger partial charge < -0.3 is 0 Å². The van der Waals surface area contributed by atoms with Gasteiger partial charge in [-0.1, -0.05) is 45.3 Å². The lowest BCUT2D eigenvalue weighted by Gasteiger charge is -2.20. The monoisotopic (exact) mass is 160 g/mol. The molecule has 0 saturated carbocycles. The van der Waals surface area contributed by atoms with Gasteiger partial charge in [-0.15, -0.1) is 0 Å². The Bertz CT molecular complexity index is 61.3. The molecular formula is C7H20Si2. The molecule has 0 spiro atoms. The Balaban J connectivity index is 3.68. The minimum Gasteiger partial charge on any atom is -0.0768 e. The minimum absolute atomic E-state index is 0.221. The molecule has 0 aliphatic carbocycles. The van der Waals surface area contributed by atoms with Crippen LogP contribution in [0.1, 0.15) is 27.7 Å². The van der Waals surface area contributed by atoms with Crippen LogP contribution in [0.5, 0.6) is 0 Å². The fourth-order valence-corrected chi connectivity index (χ4v) is 10.8. The average molecular weight is 160 g/mol. The van der Waals surface area contributed by atoms with Crippen LogP contribution in [-0.4, -0.2) is 17.4 Å². The molecule has 0 aromatic carbocycles. The number of hydrogen-bond donors (Lipinski definition) is 0. The van der Waals surface area contributed by atoms with Crippen LogP contribution in [0.15, 0.2) is 0 Å². The van der Waals surface area contributed by atoms with E-state index < -0.39 is 0 Å². The van der Waals surface area contributed by atoms with E-state index in [1.54, 1.807) is 0 Å². The third kappa shape index (κ3) is 3.21. The molecule has 2 heteroatoms. The standard InChI is InChI=1S/C7H20Si2/c1-6(2)9(8-5)7(3)4/h6-7,9H,8H2,1-5H3. The van der Waals surface area contributed by atoms with Gasteiger partial charge in [0.15, 0.2) is 0 Å². The molecule has 0 heterocycles. The van der Waals surface area contributed by atoms with E-state index in [1.165, 1.54) is 0 Å². The molecule has 0 saturated heterocycles. The van der Waals surface area contributed by atoms with Gasteiger partial charge in [0, 0.05) is 17.4 Å². The normalized spacial score (nSPS) is 13.3. The van der Waals surface area contributed by atoms with E-state index in [0.29, 0.717) is 9.04 Å². The minimum atomic E-state index is -0.221. The van der Waals surface area contributed by atoms with Crippen LogP contribution in [0.3, 0.4) is 0 Å². The highest BCUT2D eigenvalue weighted by Crippen LogP contribution is 2.18. The second kappa shape index (κ2) is 4.28. The molecule has 0 atom stereocenters. The van der Waals surface area contributed by atoms with Crippen LogP contribution in [0.2, 0.25) is 17.6 Å². The Morgan fingerprint density at radius 1 is 1.00 bits per heavy atom. The van der Waals surface area contributed by atoms with Gasteiger partial charge in [-0.3, -0.25) is 0 Å². The molecule has 0 N–H and O–H groups in total. The third-order valence-electron chi connectivity index (χ3n) is 2.18. The lowest BCUT2D eigenvalue weighted by atomic mass is 10.5. The summed E-state index contributed by atoms with van der Waals surface area (Å²) in [7, 11) is 0.151. The van der Waals surface area contributed by atoms with Gasteiger partial charge in [0.25, 0.3) is 0 Å². The molecule has 0 bridgehead atoms. The van der Waals surface area contributed by atoms with Gasteiger partial charge in [0.2, 0.25) is 0 Å². The second-order valence-corrected chi connectivity index (χ2v) is 13.6. The molecule has 0 aliphatic rings. The van der Waals surface area contributed by atoms with E-state index in [1.807, 2.05) is 0 Å². The van der Waals surface area contributed by atoms with Crippen molar-refractivity contribution in [2.45, 2.75) is 45.3 Å². The highest BCUT2D eigenvalue weighted by molar-refractivity contribution is 7.13. The molecule has 56 valence electrons. The quantitative estimate of drug-likeness (QED) is 0.552. The first-order valence-corrected chi connectivity index (χ1v) is 10.1. The maximum absolute atomic E-state index is 2.48. The first kappa shape index (κ1) is 9.43. The summed E-state index contributed by atoms with van der Waals surface area (Å²) in [6.45, 7) is 12.1. The highest BCUT2D eigenvalue weighted by atomic mass is 29.2. The molecule has 0 aliphatic heterocycles. The van der Waals surface area contributed by atoms with Gasteiger partial charge in [-0.25, -0.2) is 0 Å². The Hall–Kier alpha value is 0.434. The van der Waals surface area contributed by atoms with Gasteiger partial charge >= 0.3 is 0 Å². The van der Waals surface area contributed by atoms with Crippen LogP contribution in [0.4, 0.5) is 0 Å². The van der Waals surface area contributed by atoms with E-state index in [2.05, 4.69) is 34.2 Å². The average Bonchev–Trinajstić information content (AvgIpc) is 1.64. The summed E-state index contributed by atoms with van der Waals surface area (Å²) in [6, 6.07) is 0. The molecule has 0 radical (unpaired) electrons. The maximum atomic E-state index is 2.48. The molecule has 0 nitrogen and oxygen atoms in total. The molecule has 0 amide bonds. The van der Waals surface area contributed by atoms with Crippen molar-refractivity contribution in [1.29, 1.82) is 0 Å². The van der Waals surface area contributed by atoms with Crippen LogP contribution < -0.4 is 0 Å². The second-order valence-electron chi connectivity index (χ2n) is 3.56.